The van der Waals surface area contributed by atoms with Crippen LogP contribution in [0.15, 0.2) is 22.9 Å². The van der Waals surface area contributed by atoms with Gasteiger partial charge in [-0.15, -0.1) is 0 Å². The van der Waals surface area contributed by atoms with Crippen LogP contribution in [0.4, 0.5) is 14.5 Å². The van der Waals surface area contributed by atoms with Gasteiger partial charge in [0, 0.05) is 16.2 Å². The molecular weight excluding hydrogens is 292 g/mol. The highest BCUT2D eigenvalue weighted by Gasteiger charge is 2.10. The van der Waals surface area contributed by atoms with Gasteiger partial charge in [-0.05, 0) is 28.9 Å². The van der Waals surface area contributed by atoms with Gasteiger partial charge >= 0.3 is 0 Å². The van der Waals surface area contributed by atoms with Crippen molar-refractivity contribution < 1.29 is 8.78 Å². The predicted octanol–water partition coefficient (Wildman–Crippen LogP) is 3.37. The zero-order valence-corrected chi connectivity index (χ0v) is 10.6. The van der Waals surface area contributed by atoms with Crippen LogP contribution in [0.1, 0.15) is 11.4 Å². The molecule has 0 saturated heterocycles. The lowest BCUT2D eigenvalue weighted by Crippen LogP contribution is -2.04. The fourth-order valence-corrected chi connectivity index (χ4v) is 2.00. The van der Waals surface area contributed by atoms with Gasteiger partial charge in [-0.3, -0.25) is 0 Å². The molecule has 0 atom stereocenters. The normalized spacial score (nSPS) is 10.6. The number of halogens is 3. The molecule has 0 saturated carbocycles. The van der Waals surface area contributed by atoms with Gasteiger partial charge in [0.25, 0.3) is 0 Å². The number of anilines is 1. The van der Waals surface area contributed by atoms with Crippen LogP contribution in [-0.4, -0.2) is 9.97 Å². The van der Waals surface area contributed by atoms with E-state index in [0.717, 1.165) is 17.5 Å². The average molecular weight is 302 g/mol. The van der Waals surface area contributed by atoms with Gasteiger partial charge in [0.1, 0.15) is 11.6 Å². The maximum Gasteiger partial charge on any atom is 0.150 e. The van der Waals surface area contributed by atoms with Crippen LogP contribution in [0.2, 0.25) is 0 Å². The van der Waals surface area contributed by atoms with Crippen LogP contribution in [0.3, 0.4) is 0 Å². The van der Waals surface area contributed by atoms with Crippen LogP contribution in [0.5, 0.6) is 0 Å². The molecule has 0 radical (unpaired) electrons. The van der Waals surface area contributed by atoms with Crippen molar-refractivity contribution in [1.82, 2.24) is 9.97 Å². The summed E-state index contributed by atoms with van der Waals surface area (Å²) in [6, 6.07) is 2.05. The lowest BCUT2D eigenvalue weighted by Gasteiger charge is -2.09. The minimum Gasteiger partial charge on any atom is -0.376 e. The van der Waals surface area contributed by atoms with Crippen molar-refractivity contribution in [2.75, 3.05) is 5.32 Å². The molecule has 0 amide bonds. The maximum atomic E-state index is 13.5. The first-order valence-corrected chi connectivity index (χ1v) is 5.74. The Bertz CT molecular complexity index is 516. The number of benzene rings is 1. The minimum atomic E-state index is -0.634. The number of imidazole rings is 1. The third-order valence-electron chi connectivity index (χ3n) is 2.37. The van der Waals surface area contributed by atoms with Crippen molar-refractivity contribution in [2.24, 2.45) is 0 Å². The van der Waals surface area contributed by atoms with Crippen LogP contribution in [0, 0.1) is 18.6 Å². The molecule has 0 aliphatic rings. The van der Waals surface area contributed by atoms with Crippen molar-refractivity contribution in [1.29, 1.82) is 0 Å². The molecule has 2 rings (SSSR count). The first-order chi connectivity index (χ1) is 8.08. The van der Waals surface area contributed by atoms with E-state index in [2.05, 4.69) is 31.2 Å². The largest absolute Gasteiger partial charge is 0.376 e. The van der Waals surface area contributed by atoms with Crippen LogP contribution in [-0.2, 0) is 6.54 Å². The number of aryl methyl sites for hydroxylation is 1. The van der Waals surface area contributed by atoms with E-state index in [0.29, 0.717) is 11.0 Å². The van der Waals surface area contributed by atoms with Crippen molar-refractivity contribution in [3.05, 3.63) is 46.0 Å². The van der Waals surface area contributed by atoms with Gasteiger partial charge in [0.2, 0.25) is 0 Å². The van der Waals surface area contributed by atoms with Crippen LogP contribution in [0.25, 0.3) is 0 Å². The topological polar surface area (TPSA) is 40.7 Å². The lowest BCUT2D eigenvalue weighted by molar-refractivity contribution is 0.583. The average Bonchev–Trinajstić information content (AvgIpc) is 2.62. The van der Waals surface area contributed by atoms with E-state index >= 15 is 0 Å². The Morgan fingerprint density at radius 1 is 1.41 bits per heavy atom. The summed E-state index contributed by atoms with van der Waals surface area (Å²) in [5, 5.41) is 2.88. The fraction of sp³-hybridized carbons (Fsp3) is 0.182. The molecule has 17 heavy (non-hydrogen) atoms. The number of H-pyrrole nitrogens is 1. The fourth-order valence-electron chi connectivity index (χ4n) is 1.45. The number of nitrogens with zero attached hydrogens (tertiary/aromatic N) is 1. The summed E-state index contributed by atoms with van der Waals surface area (Å²) in [6.45, 7) is 2.25. The first kappa shape index (κ1) is 12.0. The summed E-state index contributed by atoms with van der Waals surface area (Å²) in [5.41, 5.74) is 1.94. The van der Waals surface area contributed by atoms with E-state index in [9.17, 15) is 8.78 Å². The van der Waals surface area contributed by atoms with E-state index in [1.165, 1.54) is 6.07 Å². The Hall–Kier alpha value is -1.43. The molecule has 1 aromatic heterocycles. The predicted molar refractivity (Wildman–Crippen MR) is 64.7 cm³/mol. The summed E-state index contributed by atoms with van der Waals surface area (Å²) in [7, 11) is 0. The molecule has 2 N–H and O–H groups in total. The zero-order valence-electron chi connectivity index (χ0n) is 9.02. The Kier molecular flexibility index (Phi) is 3.42. The van der Waals surface area contributed by atoms with Gasteiger partial charge < -0.3 is 10.3 Å². The summed E-state index contributed by atoms with van der Waals surface area (Å²) >= 11 is 3.11. The highest BCUT2D eigenvalue weighted by atomic mass is 79.9. The maximum absolute atomic E-state index is 13.5. The van der Waals surface area contributed by atoms with E-state index in [1.807, 2.05) is 6.92 Å². The molecule has 0 bridgehead atoms. The number of nitrogens with one attached hydrogen (secondary N) is 2. The number of hydrogen-bond acceptors (Lipinski definition) is 2. The van der Waals surface area contributed by atoms with E-state index in [4.69, 9.17) is 0 Å². The molecule has 3 nitrogen and oxygen atoms in total. The van der Waals surface area contributed by atoms with Gasteiger partial charge in [0.15, 0.2) is 0 Å². The molecule has 0 aliphatic heterocycles. The molecule has 2 aromatic rings. The summed E-state index contributed by atoms with van der Waals surface area (Å²) in [4.78, 5) is 7.00. The second-order valence-electron chi connectivity index (χ2n) is 3.57. The third kappa shape index (κ3) is 2.63. The zero-order chi connectivity index (χ0) is 12.4. The third-order valence-corrected chi connectivity index (χ3v) is 3.00. The van der Waals surface area contributed by atoms with Gasteiger partial charge in [-0.1, -0.05) is 0 Å². The van der Waals surface area contributed by atoms with Crippen molar-refractivity contribution in [3.8, 4) is 0 Å². The number of rotatable bonds is 3. The van der Waals surface area contributed by atoms with E-state index in [-0.39, 0.29) is 5.69 Å². The Labute approximate surface area is 105 Å². The quantitative estimate of drug-likeness (QED) is 0.912. The Morgan fingerprint density at radius 2 is 2.18 bits per heavy atom. The van der Waals surface area contributed by atoms with Crippen molar-refractivity contribution in [3.63, 3.8) is 0 Å². The van der Waals surface area contributed by atoms with Gasteiger partial charge in [-0.25, -0.2) is 13.8 Å². The Morgan fingerprint density at radius 3 is 2.76 bits per heavy atom. The van der Waals surface area contributed by atoms with Gasteiger partial charge in [0.05, 0.1) is 24.3 Å². The first-order valence-electron chi connectivity index (χ1n) is 4.95. The number of aromatic nitrogens is 2. The van der Waals surface area contributed by atoms with E-state index in [1.54, 1.807) is 6.33 Å². The molecule has 0 spiro atoms. The molecule has 0 fully saturated rings. The standard InChI is InChI=1S/C11H10BrF2N3/c1-6-10(17-5-16-6)4-15-11-8(12)2-7(13)3-9(11)14/h2-3,5,15H,4H2,1H3,(H,16,17). The molecule has 0 aliphatic carbocycles. The highest BCUT2D eigenvalue weighted by molar-refractivity contribution is 9.10. The minimum absolute atomic E-state index is 0.230. The summed E-state index contributed by atoms with van der Waals surface area (Å²) in [5.74, 6) is -1.25. The van der Waals surface area contributed by atoms with Crippen molar-refractivity contribution in [2.45, 2.75) is 13.5 Å². The molecule has 90 valence electrons. The monoisotopic (exact) mass is 301 g/mol. The smallest absolute Gasteiger partial charge is 0.150 e. The second kappa shape index (κ2) is 4.83. The number of hydrogen-bond donors (Lipinski definition) is 2. The lowest BCUT2D eigenvalue weighted by atomic mass is 10.2. The Balaban J connectivity index is 2.17. The van der Waals surface area contributed by atoms with Crippen LogP contribution < -0.4 is 5.32 Å². The van der Waals surface area contributed by atoms with Crippen LogP contribution >= 0.6 is 15.9 Å². The van der Waals surface area contributed by atoms with Gasteiger partial charge in [-0.2, -0.15) is 0 Å². The van der Waals surface area contributed by atoms with E-state index < -0.39 is 11.6 Å². The van der Waals surface area contributed by atoms with Crippen molar-refractivity contribution >= 4 is 21.6 Å². The molecular formula is C11H10BrF2N3. The summed E-state index contributed by atoms with van der Waals surface area (Å²) in [6.07, 6.45) is 1.57. The SMILES string of the molecule is Cc1[nH]cnc1CNc1c(F)cc(F)cc1Br. The second-order valence-corrected chi connectivity index (χ2v) is 4.43. The molecule has 0 unspecified atom stereocenters. The molecule has 1 heterocycles. The summed E-state index contributed by atoms with van der Waals surface area (Å²) < 4.78 is 26.7. The number of aromatic amines is 1. The molecule has 6 heteroatoms. The highest BCUT2D eigenvalue weighted by Crippen LogP contribution is 2.27. The molecule has 1 aromatic carbocycles.